The molecule has 0 aromatic heterocycles. The molecule has 6 heteroatoms. The van der Waals surface area contributed by atoms with E-state index in [9.17, 15) is 9.59 Å². The van der Waals surface area contributed by atoms with Gasteiger partial charge in [-0.05, 0) is 31.9 Å². The number of para-hydroxylation sites is 2. The lowest BCUT2D eigenvalue weighted by atomic mass is 10.00. The van der Waals surface area contributed by atoms with Crippen LogP contribution in [0.15, 0.2) is 24.3 Å². The number of rotatable bonds is 5. The molecule has 1 aliphatic heterocycles. The summed E-state index contributed by atoms with van der Waals surface area (Å²) in [6, 6.07) is 6.94. The number of benzene rings is 1. The van der Waals surface area contributed by atoms with Crippen LogP contribution in [0.5, 0.6) is 0 Å². The van der Waals surface area contributed by atoms with Crippen LogP contribution in [0.2, 0.25) is 0 Å². The lowest BCUT2D eigenvalue weighted by Crippen LogP contribution is -2.48. The minimum atomic E-state index is -0.959. The van der Waals surface area contributed by atoms with Crippen molar-refractivity contribution in [3.63, 3.8) is 0 Å². The molecule has 1 atom stereocenters. The number of ether oxygens (including phenoxy) is 1. The van der Waals surface area contributed by atoms with Crippen LogP contribution in [-0.4, -0.2) is 35.7 Å². The Bertz CT molecular complexity index is 538. The highest BCUT2D eigenvalue weighted by Gasteiger charge is 2.41. The summed E-state index contributed by atoms with van der Waals surface area (Å²) < 4.78 is 5.57. The minimum absolute atomic E-state index is 0.0708. The van der Waals surface area contributed by atoms with Gasteiger partial charge in [-0.2, -0.15) is 0 Å². The zero-order valence-corrected chi connectivity index (χ0v) is 12.0. The number of nitrogens with zero attached hydrogens (tertiary/aromatic N) is 1. The molecule has 6 nitrogen and oxygen atoms in total. The van der Waals surface area contributed by atoms with Gasteiger partial charge in [-0.3, -0.25) is 9.59 Å². The number of carboxylic acid groups (broad SMARTS) is 1. The number of hydrogen-bond acceptors (Lipinski definition) is 4. The maximum absolute atomic E-state index is 12.8. The Hall–Kier alpha value is -2.08. The molecule has 1 heterocycles. The second-order valence-corrected chi connectivity index (χ2v) is 5.34. The van der Waals surface area contributed by atoms with E-state index in [-0.39, 0.29) is 18.9 Å². The average molecular weight is 292 g/mol. The molecule has 0 saturated carbocycles. The Morgan fingerprint density at radius 2 is 2.14 bits per heavy atom. The first-order valence-electron chi connectivity index (χ1n) is 6.96. The fraction of sp³-hybridized carbons (Fsp3) is 0.467. The predicted molar refractivity (Wildman–Crippen MR) is 79.1 cm³/mol. The molecule has 1 fully saturated rings. The van der Waals surface area contributed by atoms with Gasteiger partial charge in [0, 0.05) is 13.2 Å². The predicted octanol–water partition coefficient (Wildman–Crippen LogP) is 1.65. The molecular formula is C15H20N2O4. The second-order valence-electron chi connectivity index (χ2n) is 5.34. The number of nitrogen functional groups attached to an aromatic ring is 1. The largest absolute Gasteiger partial charge is 0.481 e. The van der Waals surface area contributed by atoms with E-state index in [2.05, 4.69) is 0 Å². The summed E-state index contributed by atoms with van der Waals surface area (Å²) >= 11 is 0. The van der Waals surface area contributed by atoms with E-state index >= 15 is 0 Å². The number of carboxylic acids is 1. The van der Waals surface area contributed by atoms with E-state index in [4.69, 9.17) is 15.6 Å². The van der Waals surface area contributed by atoms with Crippen molar-refractivity contribution >= 4 is 23.3 Å². The molecule has 0 radical (unpaired) electrons. The van der Waals surface area contributed by atoms with Crippen molar-refractivity contribution in [2.24, 2.45) is 0 Å². The molecule has 1 aliphatic rings. The molecule has 3 N–H and O–H groups in total. The molecule has 1 aromatic carbocycles. The molecule has 1 aromatic rings. The van der Waals surface area contributed by atoms with Crippen LogP contribution in [0, 0.1) is 0 Å². The lowest BCUT2D eigenvalue weighted by molar-refractivity contribution is -0.138. The van der Waals surface area contributed by atoms with Crippen LogP contribution in [0.1, 0.15) is 26.2 Å². The highest BCUT2D eigenvalue weighted by Crippen LogP contribution is 2.31. The van der Waals surface area contributed by atoms with Gasteiger partial charge in [0.25, 0.3) is 5.91 Å². The monoisotopic (exact) mass is 292 g/mol. The number of carbonyl (C=O) groups excluding carboxylic acids is 1. The second kappa shape index (κ2) is 6.13. The number of anilines is 2. The van der Waals surface area contributed by atoms with E-state index < -0.39 is 11.6 Å². The van der Waals surface area contributed by atoms with Gasteiger partial charge < -0.3 is 20.5 Å². The van der Waals surface area contributed by atoms with Gasteiger partial charge in [0.05, 0.1) is 17.8 Å². The Kier molecular flexibility index (Phi) is 4.47. The molecular weight excluding hydrogens is 272 g/mol. The lowest BCUT2D eigenvalue weighted by Gasteiger charge is -2.31. The molecule has 1 unspecified atom stereocenters. The summed E-state index contributed by atoms with van der Waals surface area (Å²) in [6.45, 7) is 2.36. The Morgan fingerprint density at radius 3 is 2.71 bits per heavy atom. The van der Waals surface area contributed by atoms with Crippen LogP contribution < -0.4 is 10.6 Å². The first kappa shape index (κ1) is 15.3. The third kappa shape index (κ3) is 3.33. The first-order valence-corrected chi connectivity index (χ1v) is 6.96. The first-order chi connectivity index (χ1) is 9.94. The molecule has 21 heavy (non-hydrogen) atoms. The molecule has 1 saturated heterocycles. The van der Waals surface area contributed by atoms with Gasteiger partial charge >= 0.3 is 5.97 Å². The van der Waals surface area contributed by atoms with Crippen LogP contribution in [-0.2, 0) is 14.3 Å². The molecule has 0 spiro atoms. The highest BCUT2D eigenvalue weighted by atomic mass is 16.5. The summed E-state index contributed by atoms with van der Waals surface area (Å²) in [7, 11) is 0. The smallest absolute Gasteiger partial charge is 0.305 e. The summed E-state index contributed by atoms with van der Waals surface area (Å²) in [5.41, 5.74) is 5.99. The van der Waals surface area contributed by atoms with Gasteiger partial charge in [0.2, 0.25) is 0 Å². The topological polar surface area (TPSA) is 92.9 Å². The van der Waals surface area contributed by atoms with Crippen LogP contribution in [0.3, 0.4) is 0 Å². The highest BCUT2D eigenvalue weighted by molar-refractivity contribution is 6.01. The average Bonchev–Trinajstić information content (AvgIpc) is 2.88. The maximum atomic E-state index is 12.8. The SMILES string of the molecule is CC1(C(=O)N(CCC(=O)O)c2ccccc2N)CCCO1. The number of aliphatic carboxylic acids is 1. The Balaban J connectivity index is 2.29. The fourth-order valence-corrected chi connectivity index (χ4v) is 2.51. The minimum Gasteiger partial charge on any atom is -0.481 e. The Morgan fingerprint density at radius 1 is 1.43 bits per heavy atom. The van der Waals surface area contributed by atoms with Crippen LogP contribution in [0.4, 0.5) is 11.4 Å². The summed E-state index contributed by atoms with van der Waals surface area (Å²) in [6.07, 6.45) is 1.30. The zero-order chi connectivity index (χ0) is 15.5. The summed E-state index contributed by atoms with van der Waals surface area (Å²) in [5.74, 6) is -1.20. The maximum Gasteiger partial charge on any atom is 0.305 e. The van der Waals surface area contributed by atoms with Gasteiger partial charge in [0.15, 0.2) is 0 Å². The number of amides is 1. The summed E-state index contributed by atoms with van der Waals surface area (Å²) in [4.78, 5) is 25.1. The normalized spacial score (nSPS) is 21.2. The van der Waals surface area contributed by atoms with Crippen molar-refractivity contribution < 1.29 is 19.4 Å². The molecule has 0 bridgehead atoms. The number of carbonyl (C=O) groups is 2. The Labute approximate surface area is 123 Å². The van der Waals surface area contributed by atoms with Crippen molar-refractivity contribution in [2.75, 3.05) is 23.8 Å². The third-order valence-corrected chi connectivity index (χ3v) is 3.69. The quantitative estimate of drug-likeness (QED) is 0.805. The third-order valence-electron chi connectivity index (χ3n) is 3.69. The van der Waals surface area contributed by atoms with Gasteiger partial charge in [-0.25, -0.2) is 0 Å². The number of nitrogens with two attached hydrogens (primary N) is 1. The van der Waals surface area contributed by atoms with E-state index in [0.29, 0.717) is 24.4 Å². The number of hydrogen-bond donors (Lipinski definition) is 2. The van der Waals surface area contributed by atoms with Crippen molar-refractivity contribution in [1.82, 2.24) is 0 Å². The van der Waals surface area contributed by atoms with E-state index in [0.717, 1.165) is 6.42 Å². The van der Waals surface area contributed by atoms with Crippen molar-refractivity contribution in [3.05, 3.63) is 24.3 Å². The van der Waals surface area contributed by atoms with E-state index in [1.54, 1.807) is 31.2 Å². The van der Waals surface area contributed by atoms with E-state index in [1.165, 1.54) is 4.90 Å². The summed E-state index contributed by atoms with van der Waals surface area (Å²) in [5, 5.41) is 8.89. The van der Waals surface area contributed by atoms with Gasteiger partial charge in [0.1, 0.15) is 5.60 Å². The standard InChI is InChI=1S/C15H20N2O4/c1-15(8-4-10-21-15)14(20)17(9-7-13(18)19)12-6-3-2-5-11(12)16/h2-3,5-6H,4,7-10,16H2,1H3,(H,18,19). The van der Waals surface area contributed by atoms with Gasteiger partial charge in [-0.15, -0.1) is 0 Å². The van der Waals surface area contributed by atoms with E-state index in [1.807, 2.05) is 0 Å². The molecule has 2 rings (SSSR count). The van der Waals surface area contributed by atoms with Crippen LogP contribution >= 0.6 is 0 Å². The van der Waals surface area contributed by atoms with Crippen molar-refractivity contribution in [2.45, 2.75) is 31.8 Å². The zero-order valence-electron chi connectivity index (χ0n) is 12.0. The van der Waals surface area contributed by atoms with Crippen molar-refractivity contribution in [1.29, 1.82) is 0 Å². The molecule has 1 amide bonds. The molecule has 0 aliphatic carbocycles. The van der Waals surface area contributed by atoms with Gasteiger partial charge in [-0.1, -0.05) is 12.1 Å². The fourth-order valence-electron chi connectivity index (χ4n) is 2.51. The van der Waals surface area contributed by atoms with Crippen molar-refractivity contribution in [3.8, 4) is 0 Å². The van der Waals surface area contributed by atoms with Crippen LogP contribution in [0.25, 0.3) is 0 Å². The molecule has 114 valence electrons.